The van der Waals surface area contributed by atoms with Crippen LogP contribution in [0.1, 0.15) is 47.1 Å². The van der Waals surface area contributed by atoms with Crippen LogP contribution in [0.5, 0.6) is 5.75 Å². The summed E-state index contributed by atoms with van der Waals surface area (Å²) in [4.78, 5) is 19.0. The van der Waals surface area contributed by atoms with Gasteiger partial charge in [-0.3, -0.25) is 9.69 Å². The minimum atomic E-state index is -0.354. The van der Waals surface area contributed by atoms with Gasteiger partial charge in [-0.25, -0.2) is 4.39 Å². The number of piperidine rings is 1. The molecule has 5 rings (SSSR count). The highest BCUT2D eigenvalue weighted by molar-refractivity contribution is 7.11. The zero-order chi connectivity index (χ0) is 25.8. The SMILES string of the molecule is CCOC(=O)CCc1ccc(OCc2ccc(CN3CCC4(CC3)CN(C)c3ccccc34)s2)cc1F. The summed E-state index contributed by atoms with van der Waals surface area (Å²) in [6.45, 7) is 6.80. The van der Waals surface area contributed by atoms with E-state index in [1.165, 1.54) is 35.0 Å². The fraction of sp³-hybridized carbons (Fsp3) is 0.433. The Kier molecular flexibility index (Phi) is 7.81. The molecule has 3 aromatic rings. The van der Waals surface area contributed by atoms with Gasteiger partial charge < -0.3 is 14.4 Å². The topological polar surface area (TPSA) is 42.0 Å². The van der Waals surface area contributed by atoms with Crippen molar-refractivity contribution in [3.8, 4) is 5.75 Å². The lowest BCUT2D eigenvalue weighted by Crippen LogP contribution is -2.44. The molecule has 0 N–H and O–H groups in total. The first-order valence-electron chi connectivity index (χ1n) is 13.1. The van der Waals surface area contributed by atoms with Crippen LogP contribution in [0.2, 0.25) is 0 Å². The second-order valence-electron chi connectivity index (χ2n) is 10.1. The first kappa shape index (κ1) is 25.7. The molecular formula is C30H35FN2O3S. The zero-order valence-corrected chi connectivity index (χ0v) is 22.5. The van der Waals surface area contributed by atoms with Crippen LogP contribution in [0.3, 0.4) is 0 Å². The van der Waals surface area contributed by atoms with Gasteiger partial charge in [-0.15, -0.1) is 11.3 Å². The highest BCUT2D eigenvalue weighted by Crippen LogP contribution is 2.46. The molecule has 0 radical (unpaired) electrons. The number of fused-ring (bicyclic) bond motifs is 2. The number of esters is 1. The normalized spacial score (nSPS) is 16.7. The van der Waals surface area contributed by atoms with Crippen LogP contribution < -0.4 is 9.64 Å². The molecule has 1 aromatic heterocycles. The van der Waals surface area contributed by atoms with Crippen LogP contribution in [-0.2, 0) is 34.5 Å². The Morgan fingerprint density at radius 3 is 2.65 bits per heavy atom. The maximum Gasteiger partial charge on any atom is 0.306 e. The van der Waals surface area contributed by atoms with Gasteiger partial charge in [0.2, 0.25) is 0 Å². The Bertz CT molecular complexity index is 1240. The number of halogens is 1. The Balaban J connectivity index is 1.10. The van der Waals surface area contributed by atoms with Gasteiger partial charge in [0.25, 0.3) is 0 Å². The molecule has 0 bridgehead atoms. The first-order chi connectivity index (χ1) is 18.0. The summed E-state index contributed by atoms with van der Waals surface area (Å²) in [5.74, 6) is -0.167. The number of rotatable bonds is 9. The van der Waals surface area contributed by atoms with E-state index < -0.39 is 0 Å². The largest absolute Gasteiger partial charge is 0.488 e. The monoisotopic (exact) mass is 522 g/mol. The van der Waals surface area contributed by atoms with E-state index in [9.17, 15) is 9.18 Å². The Hall–Kier alpha value is -2.90. The number of hydrogen-bond donors (Lipinski definition) is 0. The van der Waals surface area contributed by atoms with Gasteiger partial charge in [0, 0.05) is 53.5 Å². The Labute approximate surface area is 222 Å². The summed E-state index contributed by atoms with van der Waals surface area (Å²) in [6, 6.07) is 18.0. The number of likely N-dealkylation sites (N-methyl/N-ethyl adjacent to an activating group) is 1. The number of hydrogen-bond acceptors (Lipinski definition) is 6. The van der Waals surface area contributed by atoms with E-state index in [-0.39, 0.29) is 18.2 Å². The fourth-order valence-corrected chi connectivity index (χ4v) is 6.67. The molecule has 0 aliphatic carbocycles. The maximum absolute atomic E-state index is 14.5. The molecule has 2 aliphatic rings. The number of thiophene rings is 1. The van der Waals surface area contributed by atoms with E-state index in [2.05, 4.69) is 53.2 Å². The smallest absolute Gasteiger partial charge is 0.306 e. The Morgan fingerprint density at radius 1 is 1.08 bits per heavy atom. The number of likely N-dealkylation sites (tertiary alicyclic amines) is 1. The second-order valence-corrected chi connectivity index (χ2v) is 11.4. The molecule has 0 amide bonds. The lowest BCUT2D eigenvalue weighted by molar-refractivity contribution is -0.143. The predicted octanol–water partition coefficient (Wildman–Crippen LogP) is 5.95. The first-order valence-corrected chi connectivity index (χ1v) is 13.9. The van der Waals surface area contributed by atoms with E-state index >= 15 is 0 Å². The number of ether oxygens (including phenoxy) is 2. The van der Waals surface area contributed by atoms with Crippen molar-refractivity contribution in [2.24, 2.45) is 0 Å². The average Bonchev–Trinajstić information content (AvgIpc) is 3.46. The van der Waals surface area contributed by atoms with Gasteiger partial charge in [-0.1, -0.05) is 24.3 Å². The standard InChI is InChI=1S/C30H35FN2O3S/c1-3-35-29(34)13-9-22-8-10-23(18-27(22)31)36-20-25-12-11-24(37-25)19-33-16-14-30(15-17-33)21-32(2)28-7-5-4-6-26(28)30/h4-8,10-12,18H,3,9,13-17,19-21H2,1-2H3. The number of carbonyl (C=O) groups is 1. The zero-order valence-electron chi connectivity index (χ0n) is 21.7. The molecule has 37 heavy (non-hydrogen) atoms. The lowest BCUT2D eigenvalue weighted by atomic mass is 9.74. The van der Waals surface area contributed by atoms with Gasteiger partial charge in [0.05, 0.1) is 6.61 Å². The number of aryl methyl sites for hydroxylation is 1. The summed E-state index contributed by atoms with van der Waals surface area (Å²) in [7, 11) is 2.21. The molecule has 0 saturated carbocycles. The maximum atomic E-state index is 14.5. The van der Waals surface area contributed by atoms with Gasteiger partial charge in [-0.05, 0) is 74.7 Å². The van der Waals surface area contributed by atoms with E-state index in [4.69, 9.17) is 9.47 Å². The van der Waals surface area contributed by atoms with E-state index in [1.807, 2.05) is 0 Å². The van der Waals surface area contributed by atoms with Crippen molar-refractivity contribution in [3.05, 3.63) is 81.3 Å². The lowest BCUT2D eigenvalue weighted by Gasteiger charge is -2.39. The molecular weight excluding hydrogens is 487 g/mol. The van der Waals surface area contributed by atoms with Crippen molar-refractivity contribution in [1.29, 1.82) is 0 Å². The molecule has 5 nitrogen and oxygen atoms in total. The average molecular weight is 523 g/mol. The molecule has 0 atom stereocenters. The van der Waals surface area contributed by atoms with Crippen LogP contribution in [0.4, 0.5) is 10.1 Å². The molecule has 1 spiro atoms. The van der Waals surface area contributed by atoms with Crippen molar-refractivity contribution < 1.29 is 18.7 Å². The van der Waals surface area contributed by atoms with Crippen molar-refractivity contribution in [2.45, 2.75) is 51.2 Å². The van der Waals surface area contributed by atoms with Crippen molar-refractivity contribution in [1.82, 2.24) is 4.90 Å². The van der Waals surface area contributed by atoms with Crippen LogP contribution in [0, 0.1) is 5.82 Å². The minimum Gasteiger partial charge on any atom is -0.488 e. The third-order valence-electron chi connectivity index (χ3n) is 7.65. The number of carbonyl (C=O) groups excluding carboxylic acids is 1. The number of benzene rings is 2. The second kappa shape index (κ2) is 11.2. The Morgan fingerprint density at radius 2 is 1.86 bits per heavy atom. The van der Waals surface area contributed by atoms with Gasteiger partial charge in [0.1, 0.15) is 18.2 Å². The fourth-order valence-electron chi connectivity index (χ4n) is 5.70. The van der Waals surface area contributed by atoms with Gasteiger partial charge >= 0.3 is 5.97 Å². The predicted molar refractivity (Wildman–Crippen MR) is 146 cm³/mol. The van der Waals surface area contributed by atoms with Crippen LogP contribution in [0.25, 0.3) is 0 Å². The molecule has 3 heterocycles. The van der Waals surface area contributed by atoms with Gasteiger partial charge in [0.15, 0.2) is 0 Å². The third kappa shape index (κ3) is 5.83. The van der Waals surface area contributed by atoms with E-state index in [0.29, 0.717) is 36.4 Å². The highest BCUT2D eigenvalue weighted by atomic mass is 32.1. The molecule has 2 aromatic carbocycles. The van der Waals surface area contributed by atoms with E-state index in [0.717, 1.165) is 31.1 Å². The molecule has 7 heteroatoms. The number of nitrogens with zero attached hydrogens (tertiary/aromatic N) is 2. The minimum absolute atomic E-state index is 0.172. The summed E-state index contributed by atoms with van der Waals surface area (Å²) >= 11 is 1.76. The molecule has 1 fully saturated rings. The molecule has 2 aliphatic heterocycles. The van der Waals surface area contributed by atoms with Crippen LogP contribution in [0.15, 0.2) is 54.6 Å². The quantitative estimate of drug-likeness (QED) is 0.325. The molecule has 196 valence electrons. The van der Waals surface area contributed by atoms with E-state index in [1.54, 1.807) is 30.4 Å². The van der Waals surface area contributed by atoms with Crippen molar-refractivity contribution >= 4 is 23.0 Å². The highest BCUT2D eigenvalue weighted by Gasteiger charge is 2.43. The third-order valence-corrected chi connectivity index (χ3v) is 8.69. The summed E-state index contributed by atoms with van der Waals surface area (Å²) in [5.41, 5.74) is 3.70. The summed E-state index contributed by atoms with van der Waals surface area (Å²) < 4.78 is 25.2. The summed E-state index contributed by atoms with van der Waals surface area (Å²) in [5, 5.41) is 0. The van der Waals surface area contributed by atoms with Crippen molar-refractivity contribution in [3.63, 3.8) is 0 Å². The van der Waals surface area contributed by atoms with Gasteiger partial charge in [-0.2, -0.15) is 0 Å². The molecule has 0 unspecified atom stereocenters. The van der Waals surface area contributed by atoms with Crippen LogP contribution >= 0.6 is 11.3 Å². The van der Waals surface area contributed by atoms with Crippen molar-refractivity contribution in [2.75, 3.05) is 38.2 Å². The summed E-state index contributed by atoms with van der Waals surface area (Å²) in [6.07, 6.45) is 2.87. The molecule has 1 saturated heterocycles. The number of anilines is 1. The van der Waals surface area contributed by atoms with Crippen LogP contribution in [-0.4, -0.2) is 44.2 Å². The number of para-hydroxylation sites is 1.